The predicted molar refractivity (Wildman–Crippen MR) is 83.9 cm³/mol. The summed E-state index contributed by atoms with van der Waals surface area (Å²) < 4.78 is 13.7. The van der Waals surface area contributed by atoms with Gasteiger partial charge in [-0.3, -0.25) is 0 Å². The Labute approximate surface area is 124 Å². The molecule has 0 radical (unpaired) electrons. The van der Waals surface area contributed by atoms with Gasteiger partial charge in [0.1, 0.15) is 5.82 Å². The molecule has 0 heterocycles. The maximum atomic E-state index is 13.7. The molecule has 0 aliphatic rings. The number of anilines is 2. The molecule has 2 aromatic rings. The smallest absolute Gasteiger partial charge is 0.147 e. The molecule has 0 bridgehead atoms. The fraction of sp³-hybridized carbons (Fsp3) is 0.235. The normalized spacial score (nSPS) is 9.95. The van der Waals surface area contributed by atoms with E-state index in [-0.39, 0.29) is 5.82 Å². The number of benzene rings is 2. The van der Waals surface area contributed by atoms with Crippen LogP contribution in [0.5, 0.6) is 0 Å². The molecular formula is C17H18FN3. The molecule has 0 unspecified atom stereocenters. The van der Waals surface area contributed by atoms with E-state index < -0.39 is 0 Å². The standard InChI is InChI=1S/C17H18FN3/c1-21(15-6-3-2-4-7-15)11-5-10-20-17-9-8-14(13-19)12-16(17)18/h2-4,6-9,12,20H,5,10-11H2,1H3. The van der Waals surface area contributed by atoms with Crippen LogP contribution in [0, 0.1) is 17.1 Å². The summed E-state index contributed by atoms with van der Waals surface area (Å²) in [5, 5.41) is 11.8. The average molecular weight is 283 g/mol. The van der Waals surface area contributed by atoms with Gasteiger partial charge in [0.2, 0.25) is 0 Å². The third-order valence-electron chi connectivity index (χ3n) is 3.28. The van der Waals surface area contributed by atoms with E-state index in [1.165, 1.54) is 11.8 Å². The number of nitrogens with zero attached hydrogens (tertiary/aromatic N) is 2. The highest BCUT2D eigenvalue weighted by molar-refractivity contribution is 5.49. The van der Waals surface area contributed by atoms with Gasteiger partial charge in [-0.2, -0.15) is 5.26 Å². The minimum Gasteiger partial charge on any atom is -0.383 e. The van der Waals surface area contributed by atoms with Crippen LogP contribution >= 0.6 is 0 Å². The van der Waals surface area contributed by atoms with Gasteiger partial charge in [-0.05, 0) is 36.8 Å². The molecule has 0 atom stereocenters. The van der Waals surface area contributed by atoms with Gasteiger partial charge in [0.05, 0.1) is 17.3 Å². The summed E-state index contributed by atoms with van der Waals surface area (Å²) in [6.45, 7) is 1.56. The molecular weight excluding hydrogens is 265 g/mol. The number of nitrogens with one attached hydrogen (secondary N) is 1. The first-order chi connectivity index (χ1) is 10.2. The monoisotopic (exact) mass is 283 g/mol. The zero-order valence-corrected chi connectivity index (χ0v) is 12.0. The van der Waals surface area contributed by atoms with Crippen molar-refractivity contribution in [3.8, 4) is 6.07 Å². The lowest BCUT2D eigenvalue weighted by Gasteiger charge is -2.19. The molecule has 0 saturated heterocycles. The molecule has 0 fully saturated rings. The second-order valence-electron chi connectivity index (χ2n) is 4.84. The molecule has 21 heavy (non-hydrogen) atoms. The van der Waals surface area contributed by atoms with Crippen molar-refractivity contribution in [3.63, 3.8) is 0 Å². The quantitative estimate of drug-likeness (QED) is 0.823. The minimum absolute atomic E-state index is 0.335. The van der Waals surface area contributed by atoms with Crippen LogP contribution in [0.25, 0.3) is 0 Å². The lowest BCUT2D eigenvalue weighted by molar-refractivity contribution is 0.629. The Kier molecular flexibility index (Phi) is 5.16. The van der Waals surface area contributed by atoms with Gasteiger partial charge in [0, 0.05) is 25.8 Å². The Hall–Kier alpha value is -2.54. The first-order valence-electron chi connectivity index (χ1n) is 6.90. The summed E-state index contributed by atoms with van der Waals surface area (Å²) in [5.74, 6) is -0.384. The Balaban J connectivity index is 1.79. The van der Waals surface area contributed by atoms with Crippen molar-refractivity contribution in [2.24, 2.45) is 0 Å². The number of hydrogen-bond donors (Lipinski definition) is 1. The van der Waals surface area contributed by atoms with Crippen LogP contribution in [-0.2, 0) is 0 Å². The molecule has 4 heteroatoms. The maximum absolute atomic E-state index is 13.7. The van der Waals surface area contributed by atoms with Gasteiger partial charge in [0.25, 0.3) is 0 Å². The minimum atomic E-state index is -0.384. The van der Waals surface area contributed by atoms with Crippen molar-refractivity contribution < 1.29 is 4.39 Å². The molecule has 2 aromatic carbocycles. The van der Waals surface area contributed by atoms with Crippen molar-refractivity contribution >= 4 is 11.4 Å². The summed E-state index contributed by atoms with van der Waals surface area (Å²) in [6, 6.07) is 16.5. The molecule has 108 valence electrons. The average Bonchev–Trinajstić information content (AvgIpc) is 2.53. The van der Waals surface area contributed by atoms with Gasteiger partial charge in [0.15, 0.2) is 0 Å². The summed E-state index contributed by atoms with van der Waals surface area (Å²) >= 11 is 0. The third-order valence-corrected chi connectivity index (χ3v) is 3.28. The highest BCUT2D eigenvalue weighted by Gasteiger charge is 2.03. The van der Waals surface area contributed by atoms with Crippen LogP contribution in [0.15, 0.2) is 48.5 Å². The lowest BCUT2D eigenvalue weighted by atomic mass is 10.2. The second-order valence-corrected chi connectivity index (χ2v) is 4.84. The van der Waals surface area contributed by atoms with Crippen molar-refractivity contribution in [1.82, 2.24) is 0 Å². The van der Waals surface area contributed by atoms with Crippen molar-refractivity contribution in [2.75, 3.05) is 30.4 Å². The predicted octanol–water partition coefficient (Wildman–Crippen LogP) is 3.64. The summed E-state index contributed by atoms with van der Waals surface area (Å²) in [6.07, 6.45) is 0.894. The van der Waals surface area contributed by atoms with Gasteiger partial charge in [-0.25, -0.2) is 4.39 Å². The highest BCUT2D eigenvalue weighted by atomic mass is 19.1. The molecule has 1 N–H and O–H groups in total. The van der Waals surface area contributed by atoms with E-state index in [1.54, 1.807) is 12.1 Å². The molecule has 0 spiro atoms. The Morgan fingerprint density at radius 2 is 1.95 bits per heavy atom. The number of para-hydroxylation sites is 1. The largest absolute Gasteiger partial charge is 0.383 e. The summed E-state index contributed by atoms with van der Waals surface area (Å²) in [7, 11) is 2.04. The first kappa shape index (κ1) is 14.9. The van der Waals surface area contributed by atoms with Crippen LogP contribution < -0.4 is 10.2 Å². The van der Waals surface area contributed by atoms with Crippen LogP contribution in [0.3, 0.4) is 0 Å². The Morgan fingerprint density at radius 1 is 1.19 bits per heavy atom. The molecule has 0 aliphatic heterocycles. The zero-order valence-electron chi connectivity index (χ0n) is 12.0. The number of hydrogen-bond acceptors (Lipinski definition) is 3. The highest BCUT2D eigenvalue weighted by Crippen LogP contribution is 2.15. The zero-order chi connectivity index (χ0) is 15.1. The fourth-order valence-corrected chi connectivity index (χ4v) is 2.08. The SMILES string of the molecule is CN(CCCNc1ccc(C#N)cc1F)c1ccccc1. The molecule has 2 rings (SSSR count). The van der Waals surface area contributed by atoms with Crippen LogP contribution in [-0.4, -0.2) is 20.1 Å². The molecule has 3 nitrogen and oxygen atoms in total. The third kappa shape index (κ3) is 4.22. The van der Waals surface area contributed by atoms with Crippen LogP contribution in [0.2, 0.25) is 0 Å². The fourth-order valence-electron chi connectivity index (χ4n) is 2.08. The lowest BCUT2D eigenvalue weighted by Crippen LogP contribution is -2.20. The van der Waals surface area contributed by atoms with Gasteiger partial charge in [-0.1, -0.05) is 18.2 Å². The molecule has 0 aromatic heterocycles. The van der Waals surface area contributed by atoms with E-state index in [4.69, 9.17) is 5.26 Å². The maximum Gasteiger partial charge on any atom is 0.147 e. The van der Waals surface area contributed by atoms with E-state index >= 15 is 0 Å². The van der Waals surface area contributed by atoms with E-state index in [0.29, 0.717) is 17.8 Å². The molecule has 0 amide bonds. The van der Waals surface area contributed by atoms with Crippen LogP contribution in [0.4, 0.5) is 15.8 Å². The number of nitriles is 1. The Bertz CT molecular complexity index is 620. The van der Waals surface area contributed by atoms with E-state index in [2.05, 4.69) is 22.3 Å². The van der Waals surface area contributed by atoms with Gasteiger partial charge >= 0.3 is 0 Å². The van der Waals surface area contributed by atoms with Crippen molar-refractivity contribution in [3.05, 3.63) is 59.9 Å². The molecule has 0 aliphatic carbocycles. The van der Waals surface area contributed by atoms with Gasteiger partial charge < -0.3 is 10.2 Å². The van der Waals surface area contributed by atoms with Gasteiger partial charge in [-0.15, -0.1) is 0 Å². The summed E-state index contributed by atoms with van der Waals surface area (Å²) in [4.78, 5) is 2.16. The first-order valence-corrected chi connectivity index (χ1v) is 6.90. The van der Waals surface area contributed by atoms with E-state index in [1.807, 2.05) is 31.3 Å². The van der Waals surface area contributed by atoms with Crippen molar-refractivity contribution in [1.29, 1.82) is 5.26 Å². The van der Waals surface area contributed by atoms with Crippen LogP contribution in [0.1, 0.15) is 12.0 Å². The van der Waals surface area contributed by atoms with Crippen molar-refractivity contribution in [2.45, 2.75) is 6.42 Å². The topological polar surface area (TPSA) is 39.1 Å². The van der Waals surface area contributed by atoms with E-state index in [0.717, 1.165) is 13.0 Å². The Morgan fingerprint density at radius 3 is 2.62 bits per heavy atom. The number of rotatable bonds is 6. The second kappa shape index (κ2) is 7.30. The van der Waals surface area contributed by atoms with E-state index in [9.17, 15) is 4.39 Å². The number of halogens is 1. The molecule has 0 saturated carbocycles. The summed E-state index contributed by atoms with van der Waals surface area (Å²) in [5.41, 5.74) is 1.94.